The van der Waals surface area contributed by atoms with Crippen LogP contribution < -0.4 is 0 Å². The molecule has 3 heteroatoms. The van der Waals surface area contributed by atoms with Crippen molar-refractivity contribution in [1.29, 1.82) is 0 Å². The van der Waals surface area contributed by atoms with Crippen LogP contribution in [0, 0.1) is 0 Å². The molecule has 0 saturated heterocycles. The first-order valence-electron chi connectivity index (χ1n) is 2.40. The first-order valence-corrected chi connectivity index (χ1v) is 2.40. The highest BCUT2D eigenvalue weighted by molar-refractivity contribution is 5.85. The van der Waals surface area contributed by atoms with E-state index in [9.17, 15) is 4.79 Å². The minimum Gasteiger partial charge on any atom is -0.346 e. The van der Waals surface area contributed by atoms with Crippen LogP contribution >= 0.6 is 12.4 Å². The fraction of sp³-hybridized carbons (Fsp3) is 0.800. The van der Waals surface area contributed by atoms with Gasteiger partial charge in [0.25, 0.3) is 0 Å². The van der Waals surface area contributed by atoms with E-state index in [1.807, 2.05) is 6.92 Å². The Morgan fingerprint density at radius 1 is 1.62 bits per heavy atom. The van der Waals surface area contributed by atoms with Gasteiger partial charge in [-0.25, -0.2) is 0 Å². The smallest absolute Gasteiger partial charge is 0.219 e. The minimum absolute atomic E-state index is 0. The van der Waals surface area contributed by atoms with Crippen molar-refractivity contribution in [3.63, 3.8) is 0 Å². The number of carbonyl (C=O) groups excluding carboxylic acids is 1. The van der Waals surface area contributed by atoms with Crippen molar-refractivity contribution in [1.82, 2.24) is 4.90 Å². The third-order valence-electron chi connectivity index (χ3n) is 1.01. The summed E-state index contributed by atoms with van der Waals surface area (Å²) in [7, 11) is 1.78. The van der Waals surface area contributed by atoms with E-state index in [0.29, 0.717) is 0 Å². The molecule has 0 aliphatic heterocycles. The predicted molar refractivity (Wildman–Crippen MR) is 36.2 cm³/mol. The Kier molecular flexibility index (Phi) is 6.56. The summed E-state index contributed by atoms with van der Waals surface area (Å²) >= 11 is 0. The molecule has 0 fully saturated rings. The normalized spacial score (nSPS) is 7.38. The average Bonchev–Trinajstić information content (AvgIpc) is 1.65. The van der Waals surface area contributed by atoms with Crippen LogP contribution in [0.1, 0.15) is 13.8 Å². The lowest BCUT2D eigenvalue weighted by Crippen LogP contribution is -2.22. The zero-order valence-electron chi connectivity index (χ0n) is 5.47. The SMILES string of the molecule is CCN(C)C(C)=O.Cl. The average molecular weight is 138 g/mol. The topological polar surface area (TPSA) is 20.3 Å². The molecule has 0 radical (unpaired) electrons. The van der Waals surface area contributed by atoms with Gasteiger partial charge in [0.1, 0.15) is 0 Å². The van der Waals surface area contributed by atoms with Gasteiger partial charge >= 0.3 is 0 Å². The predicted octanol–water partition coefficient (Wildman–Crippen LogP) is 0.906. The molecular formula is C5H12ClNO. The minimum atomic E-state index is 0. The molecule has 0 aromatic rings. The summed E-state index contributed by atoms with van der Waals surface area (Å²) in [5.74, 6) is 0.127. The molecule has 0 aromatic heterocycles. The molecule has 0 bridgehead atoms. The number of hydrogen-bond donors (Lipinski definition) is 0. The fourth-order valence-corrected chi connectivity index (χ4v) is 0.223. The lowest BCUT2D eigenvalue weighted by Gasteiger charge is -2.09. The van der Waals surface area contributed by atoms with Gasteiger partial charge in [0, 0.05) is 20.5 Å². The molecule has 2 nitrogen and oxygen atoms in total. The number of nitrogens with zero attached hydrogens (tertiary/aromatic N) is 1. The number of halogens is 1. The molecule has 0 aliphatic carbocycles. The molecule has 0 spiro atoms. The third kappa shape index (κ3) is 3.93. The van der Waals surface area contributed by atoms with E-state index in [0.717, 1.165) is 6.54 Å². The Labute approximate surface area is 56.3 Å². The molecule has 0 aliphatic rings. The van der Waals surface area contributed by atoms with Gasteiger partial charge in [0.2, 0.25) is 5.91 Å². The molecule has 1 amide bonds. The van der Waals surface area contributed by atoms with Gasteiger partial charge in [-0.05, 0) is 6.92 Å². The molecule has 0 heterocycles. The van der Waals surface area contributed by atoms with E-state index in [2.05, 4.69) is 0 Å². The fourth-order valence-electron chi connectivity index (χ4n) is 0.223. The molecule has 0 aromatic carbocycles. The first-order chi connectivity index (χ1) is 3.18. The van der Waals surface area contributed by atoms with Crippen LogP contribution in [0.25, 0.3) is 0 Å². The Balaban J connectivity index is 0. The Morgan fingerprint density at radius 2 is 2.00 bits per heavy atom. The van der Waals surface area contributed by atoms with Crippen LogP contribution in [-0.4, -0.2) is 24.4 Å². The van der Waals surface area contributed by atoms with Crippen molar-refractivity contribution in [3.8, 4) is 0 Å². The van der Waals surface area contributed by atoms with Gasteiger partial charge in [-0.15, -0.1) is 12.4 Å². The van der Waals surface area contributed by atoms with E-state index >= 15 is 0 Å². The highest BCUT2D eigenvalue weighted by Gasteiger charge is 1.93. The van der Waals surface area contributed by atoms with Crippen molar-refractivity contribution in [2.45, 2.75) is 13.8 Å². The van der Waals surface area contributed by atoms with Crippen LogP contribution in [0.2, 0.25) is 0 Å². The van der Waals surface area contributed by atoms with E-state index in [-0.39, 0.29) is 18.3 Å². The summed E-state index contributed by atoms with van der Waals surface area (Å²) < 4.78 is 0. The highest BCUT2D eigenvalue weighted by atomic mass is 35.5. The van der Waals surface area contributed by atoms with Crippen molar-refractivity contribution < 1.29 is 4.79 Å². The van der Waals surface area contributed by atoms with Gasteiger partial charge in [-0.3, -0.25) is 4.79 Å². The maximum atomic E-state index is 10.3. The van der Waals surface area contributed by atoms with Crippen LogP contribution in [0.5, 0.6) is 0 Å². The van der Waals surface area contributed by atoms with Gasteiger partial charge in [-0.1, -0.05) is 0 Å². The monoisotopic (exact) mass is 137 g/mol. The zero-order chi connectivity index (χ0) is 5.86. The van der Waals surface area contributed by atoms with Crippen LogP contribution in [0.3, 0.4) is 0 Å². The summed E-state index contributed by atoms with van der Waals surface area (Å²) in [6.45, 7) is 4.31. The first kappa shape index (κ1) is 10.7. The summed E-state index contributed by atoms with van der Waals surface area (Å²) in [4.78, 5) is 12.0. The highest BCUT2D eigenvalue weighted by Crippen LogP contribution is 1.78. The molecule has 0 unspecified atom stereocenters. The largest absolute Gasteiger partial charge is 0.346 e. The van der Waals surface area contributed by atoms with E-state index in [4.69, 9.17) is 0 Å². The van der Waals surface area contributed by atoms with Crippen LogP contribution in [-0.2, 0) is 4.79 Å². The van der Waals surface area contributed by atoms with Crippen molar-refractivity contribution >= 4 is 18.3 Å². The molecular weight excluding hydrogens is 126 g/mol. The maximum absolute atomic E-state index is 10.3. The van der Waals surface area contributed by atoms with E-state index < -0.39 is 0 Å². The molecule has 8 heavy (non-hydrogen) atoms. The Morgan fingerprint density at radius 3 is 2.00 bits per heavy atom. The quantitative estimate of drug-likeness (QED) is 0.526. The molecule has 50 valence electrons. The number of carbonyl (C=O) groups is 1. The summed E-state index contributed by atoms with van der Waals surface area (Å²) in [6, 6.07) is 0. The van der Waals surface area contributed by atoms with Gasteiger partial charge in [0.05, 0.1) is 0 Å². The number of amides is 1. The van der Waals surface area contributed by atoms with Crippen molar-refractivity contribution in [2.24, 2.45) is 0 Å². The summed E-state index contributed by atoms with van der Waals surface area (Å²) in [5.41, 5.74) is 0. The van der Waals surface area contributed by atoms with Gasteiger partial charge in [0.15, 0.2) is 0 Å². The second-order valence-electron chi connectivity index (χ2n) is 1.53. The van der Waals surface area contributed by atoms with Gasteiger partial charge in [-0.2, -0.15) is 0 Å². The maximum Gasteiger partial charge on any atom is 0.219 e. The van der Waals surface area contributed by atoms with Crippen molar-refractivity contribution in [3.05, 3.63) is 0 Å². The lowest BCUT2D eigenvalue weighted by atomic mass is 10.6. The second kappa shape index (κ2) is 4.91. The zero-order valence-corrected chi connectivity index (χ0v) is 6.29. The van der Waals surface area contributed by atoms with E-state index in [1.165, 1.54) is 0 Å². The number of rotatable bonds is 1. The van der Waals surface area contributed by atoms with Gasteiger partial charge < -0.3 is 4.90 Å². The summed E-state index contributed by atoms with van der Waals surface area (Å²) in [5, 5.41) is 0. The lowest BCUT2D eigenvalue weighted by molar-refractivity contribution is -0.127. The molecule has 0 saturated carbocycles. The summed E-state index contributed by atoms with van der Waals surface area (Å²) in [6.07, 6.45) is 0. The number of hydrogen-bond acceptors (Lipinski definition) is 1. The second-order valence-corrected chi connectivity index (χ2v) is 1.53. The Bertz CT molecular complexity index is 74.8. The molecule has 0 N–H and O–H groups in total. The van der Waals surface area contributed by atoms with E-state index in [1.54, 1.807) is 18.9 Å². The standard InChI is InChI=1S/C5H11NO.ClH/c1-4-6(3)5(2)7;/h4H2,1-3H3;1H. The van der Waals surface area contributed by atoms with Crippen LogP contribution in [0.15, 0.2) is 0 Å². The molecule has 0 atom stereocenters. The molecule has 0 rings (SSSR count). The van der Waals surface area contributed by atoms with Crippen molar-refractivity contribution in [2.75, 3.05) is 13.6 Å². The van der Waals surface area contributed by atoms with Crippen LogP contribution in [0.4, 0.5) is 0 Å². The Hall–Kier alpha value is -0.240. The third-order valence-corrected chi connectivity index (χ3v) is 1.01.